The van der Waals surface area contributed by atoms with Crippen LogP contribution in [-0.4, -0.2) is 39.4 Å². The van der Waals surface area contributed by atoms with E-state index in [1.165, 1.54) is 4.90 Å². The lowest BCUT2D eigenvalue weighted by atomic mass is 10.0. The first-order valence-electron chi connectivity index (χ1n) is 10.0. The molecule has 0 bridgehead atoms. The molecule has 1 aliphatic rings. The largest absolute Gasteiger partial charge is 0.464 e. The Morgan fingerprint density at radius 3 is 2.60 bits per heavy atom. The standard InChI is InChI=1S/C23H23N3O4/c1-4-30-23(29)20(13(2)3)26-12-16-14(8-7-9-15(16)22(26)28)19-21(27)25-18-11-6-5-10-17(18)24-19/h5-11,13,20H,4,12H2,1-3H3,(H,25,27)/t20-/m1/s1. The summed E-state index contributed by atoms with van der Waals surface area (Å²) in [6.45, 7) is 5.98. The number of carbonyl (C=O) groups excluding carboxylic acids is 2. The number of nitrogens with zero attached hydrogens (tertiary/aromatic N) is 2. The maximum atomic E-state index is 13.1. The molecule has 0 saturated heterocycles. The number of rotatable bonds is 5. The molecule has 0 spiro atoms. The van der Waals surface area contributed by atoms with Gasteiger partial charge in [0.15, 0.2) is 0 Å². The molecular formula is C23H23N3O4. The summed E-state index contributed by atoms with van der Waals surface area (Å²) in [6.07, 6.45) is 0. The first kappa shape index (κ1) is 19.8. The minimum atomic E-state index is -0.694. The molecule has 30 heavy (non-hydrogen) atoms. The second-order valence-electron chi connectivity index (χ2n) is 7.64. The van der Waals surface area contributed by atoms with E-state index in [1.54, 1.807) is 31.2 Å². The number of H-pyrrole nitrogens is 1. The maximum Gasteiger partial charge on any atom is 0.329 e. The number of para-hydroxylation sites is 2. The van der Waals surface area contributed by atoms with Crippen molar-refractivity contribution in [2.24, 2.45) is 5.92 Å². The van der Waals surface area contributed by atoms with Gasteiger partial charge in [-0.15, -0.1) is 0 Å². The Morgan fingerprint density at radius 2 is 1.87 bits per heavy atom. The fourth-order valence-electron chi connectivity index (χ4n) is 4.00. The summed E-state index contributed by atoms with van der Waals surface area (Å²) in [5.41, 5.74) is 3.04. The van der Waals surface area contributed by atoms with Crippen LogP contribution in [0.15, 0.2) is 47.3 Å². The predicted molar refractivity (Wildman–Crippen MR) is 113 cm³/mol. The minimum Gasteiger partial charge on any atom is -0.464 e. The third kappa shape index (κ3) is 3.26. The van der Waals surface area contributed by atoms with Crippen LogP contribution in [0.1, 0.15) is 36.7 Å². The van der Waals surface area contributed by atoms with Crippen LogP contribution in [0.4, 0.5) is 0 Å². The quantitative estimate of drug-likeness (QED) is 0.659. The number of amides is 1. The molecule has 4 rings (SSSR count). The molecule has 1 aliphatic heterocycles. The van der Waals surface area contributed by atoms with Crippen molar-refractivity contribution in [2.75, 3.05) is 6.61 Å². The van der Waals surface area contributed by atoms with Crippen LogP contribution in [0, 0.1) is 5.92 Å². The van der Waals surface area contributed by atoms with E-state index in [0.29, 0.717) is 27.7 Å². The van der Waals surface area contributed by atoms with Gasteiger partial charge in [0.2, 0.25) is 0 Å². The van der Waals surface area contributed by atoms with E-state index in [2.05, 4.69) is 9.97 Å². The molecule has 2 heterocycles. The van der Waals surface area contributed by atoms with Crippen molar-refractivity contribution >= 4 is 22.9 Å². The van der Waals surface area contributed by atoms with Crippen molar-refractivity contribution in [2.45, 2.75) is 33.4 Å². The molecule has 0 fully saturated rings. The first-order chi connectivity index (χ1) is 14.4. The lowest BCUT2D eigenvalue weighted by Gasteiger charge is -2.28. The SMILES string of the molecule is CCOC(=O)[C@@H](C(C)C)N1Cc2c(cccc2-c2nc3ccccc3[nH]c2=O)C1=O. The maximum absolute atomic E-state index is 13.1. The van der Waals surface area contributed by atoms with Gasteiger partial charge in [-0.1, -0.05) is 38.1 Å². The summed E-state index contributed by atoms with van der Waals surface area (Å²) in [6, 6.07) is 11.9. The van der Waals surface area contributed by atoms with Gasteiger partial charge in [-0.2, -0.15) is 0 Å². The summed E-state index contributed by atoms with van der Waals surface area (Å²) in [4.78, 5) is 47.4. The van der Waals surface area contributed by atoms with Crippen LogP contribution in [-0.2, 0) is 16.1 Å². The normalized spacial score (nSPS) is 14.3. The van der Waals surface area contributed by atoms with Crippen LogP contribution in [0.3, 0.4) is 0 Å². The van der Waals surface area contributed by atoms with E-state index < -0.39 is 12.0 Å². The van der Waals surface area contributed by atoms with Crippen LogP contribution in [0.5, 0.6) is 0 Å². The minimum absolute atomic E-state index is 0.118. The predicted octanol–water partition coefficient (Wildman–Crippen LogP) is 3.13. The number of benzene rings is 2. The van der Waals surface area contributed by atoms with Gasteiger partial charge in [-0.3, -0.25) is 9.59 Å². The number of nitrogens with one attached hydrogen (secondary N) is 1. The average molecular weight is 405 g/mol. The smallest absolute Gasteiger partial charge is 0.329 e. The highest BCUT2D eigenvalue weighted by atomic mass is 16.5. The highest BCUT2D eigenvalue weighted by Crippen LogP contribution is 2.33. The Balaban J connectivity index is 1.80. The summed E-state index contributed by atoms with van der Waals surface area (Å²) in [5, 5.41) is 0. The second-order valence-corrected chi connectivity index (χ2v) is 7.64. The Morgan fingerprint density at radius 1 is 1.13 bits per heavy atom. The number of aromatic nitrogens is 2. The molecule has 154 valence electrons. The number of ether oxygens (including phenoxy) is 1. The van der Waals surface area contributed by atoms with E-state index in [-0.39, 0.29) is 36.2 Å². The van der Waals surface area contributed by atoms with Crippen LogP contribution >= 0.6 is 0 Å². The fraction of sp³-hybridized carbons (Fsp3) is 0.304. The Hall–Kier alpha value is -3.48. The number of esters is 1. The molecule has 1 N–H and O–H groups in total. The molecule has 0 aliphatic carbocycles. The number of hydrogen-bond donors (Lipinski definition) is 1. The summed E-state index contributed by atoms with van der Waals surface area (Å²) in [7, 11) is 0. The van der Waals surface area contributed by atoms with Crippen molar-refractivity contribution in [3.63, 3.8) is 0 Å². The summed E-state index contributed by atoms with van der Waals surface area (Å²) >= 11 is 0. The number of fused-ring (bicyclic) bond motifs is 2. The molecule has 0 unspecified atom stereocenters. The molecule has 1 amide bonds. The molecule has 3 aromatic rings. The molecular weight excluding hydrogens is 382 g/mol. The lowest BCUT2D eigenvalue weighted by molar-refractivity contribution is -0.150. The van der Waals surface area contributed by atoms with Gasteiger partial charge in [0.05, 0.1) is 17.6 Å². The molecule has 1 atom stereocenters. The summed E-state index contributed by atoms with van der Waals surface area (Å²) < 4.78 is 5.21. The Bertz CT molecular complexity index is 1200. The van der Waals surface area contributed by atoms with E-state index in [1.807, 2.05) is 32.0 Å². The van der Waals surface area contributed by atoms with Gasteiger partial charge < -0.3 is 14.6 Å². The van der Waals surface area contributed by atoms with Crippen molar-refractivity contribution < 1.29 is 14.3 Å². The third-order valence-corrected chi connectivity index (χ3v) is 5.35. The van der Waals surface area contributed by atoms with Crippen molar-refractivity contribution in [1.82, 2.24) is 14.9 Å². The lowest BCUT2D eigenvalue weighted by Crippen LogP contribution is -2.45. The van der Waals surface area contributed by atoms with E-state index in [9.17, 15) is 14.4 Å². The molecule has 2 aromatic carbocycles. The zero-order chi connectivity index (χ0) is 21.4. The monoisotopic (exact) mass is 405 g/mol. The van der Waals surface area contributed by atoms with Gasteiger partial charge in [0, 0.05) is 17.7 Å². The van der Waals surface area contributed by atoms with Gasteiger partial charge in [-0.05, 0) is 36.6 Å². The van der Waals surface area contributed by atoms with Crippen molar-refractivity contribution in [1.29, 1.82) is 0 Å². The zero-order valence-corrected chi connectivity index (χ0v) is 17.1. The van der Waals surface area contributed by atoms with E-state index in [4.69, 9.17) is 4.74 Å². The molecule has 7 heteroatoms. The topological polar surface area (TPSA) is 92.4 Å². The highest BCUT2D eigenvalue weighted by molar-refractivity contribution is 6.02. The van der Waals surface area contributed by atoms with E-state index in [0.717, 1.165) is 0 Å². The van der Waals surface area contributed by atoms with Gasteiger partial charge in [0.1, 0.15) is 11.7 Å². The zero-order valence-electron chi connectivity index (χ0n) is 17.1. The molecule has 0 saturated carbocycles. The molecule has 1 aromatic heterocycles. The molecule has 0 radical (unpaired) electrons. The average Bonchev–Trinajstić information content (AvgIpc) is 3.04. The van der Waals surface area contributed by atoms with Crippen LogP contribution in [0.25, 0.3) is 22.3 Å². The Labute approximate surface area is 173 Å². The Kier molecular flexibility index (Phi) is 5.11. The van der Waals surface area contributed by atoms with Crippen LogP contribution in [0.2, 0.25) is 0 Å². The van der Waals surface area contributed by atoms with Gasteiger partial charge in [-0.25, -0.2) is 9.78 Å². The second kappa shape index (κ2) is 7.74. The number of hydrogen-bond acceptors (Lipinski definition) is 5. The van der Waals surface area contributed by atoms with Crippen molar-refractivity contribution in [3.05, 3.63) is 63.9 Å². The first-order valence-corrected chi connectivity index (χ1v) is 10.0. The summed E-state index contributed by atoms with van der Waals surface area (Å²) in [5.74, 6) is -0.777. The third-order valence-electron chi connectivity index (χ3n) is 5.35. The van der Waals surface area contributed by atoms with Gasteiger partial charge in [0.25, 0.3) is 11.5 Å². The van der Waals surface area contributed by atoms with Gasteiger partial charge >= 0.3 is 5.97 Å². The molecule has 7 nitrogen and oxygen atoms in total. The number of aromatic amines is 1. The number of carbonyl (C=O) groups is 2. The van der Waals surface area contributed by atoms with Crippen molar-refractivity contribution in [3.8, 4) is 11.3 Å². The van der Waals surface area contributed by atoms with Crippen LogP contribution < -0.4 is 5.56 Å². The highest BCUT2D eigenvalue weighted by Gasteiger charge is 2.40. The van der Waals surface area contributed by atoms with E-state index >= 15 is 0 Å². The fourth-order valence-corrected chi connectivity index (χ4v) is 4.00.